The Labute approximate surface area is 235 Å². The molecule has 6 aromatic rings. The maximum atomic E-state index is 13.3. The van der Waals surface area contributed by atoms with Crippen molar-refractivity contribution in [3.8, 4) is 34.1 Å². The van der Waals surface area contributed by atoms with Gasteiger partial charge in [0.15, 0.2) is 5.82 Å². The van der Waals surface area contributed by atoms with Crippen molar-refractivity contribution in [3.63, 3.8) is 0 Å². The molecule has 0 fully saturated rings. The van der Waals surface area contributed by atoms with Crippen LogP contribution in [0.3, 0.4) is 0 Å². The standard InChI is InChI=1S/C31H28N6O2S/c1-2-3-4-8-19-39-26-13-11-22(12-14-26)28-24(21-36(34-28)25-9-6-5-7-10-25)20-27-30(38)37-31(40-27)33-29(35-37)23-15-17-32-18-16-23/h5-7,9-18,20-21H,2-4,8,19H2,1H3. The second kappa shape index (κ2) is 11.6. The molecule has 0 atom stereocenters. The summed E-state index contributed by atoms with van der Waals surface area (Å²) in [4.78, 5) is 22.5. The van der Waals surface area contributed by atoms with Crippen LogP contribution >= 0.6 is 11.3 Å². The molecular formula is C31H28N6O2S. The normalized spacial score (nSPS) is 11.9. The summed E-state index contributed by atoms with van der Waals surface area (Å²) in [6.07, 6.45) is 11.8. The van der Waals surface area contributed by atoms with E-state index in [1.165, 1.54) is 35.1 Å². The Bertz CT molecular complexity index is 1830. The van der Waals surface area contributed by atoms with E-state index in [0.717, 1.165) is 40.2 Å². The Morgan fingerprint density at radius 2 is 1.70 bits per heavy atom. The van der Waals surface area contributed by atoms with E-state index in [2.05, 4.69) is 22.0 Å². The molecule has 2 aromatic carbocycles. The molecule has 4 heterocycles. The average molecular weight is 549 g/mol. The van der Waals surface area contributed by atoms with Crippen molar-refractivity contribution in [2.24, 2.45) is 0 Å². The molecule has 0 N–H and O–H groups in total. The highest BCUT2D eigenvalue weighted by molar-refractivity contribution is 7.15. The lowest BCUT2D eigenvalue weighted by Gasteiger charge is -2.07. The number of ether oxygens (including phenoxy) is 1. The van der Waals surface area contributed by atoms with Crippen LogP contribution in [0.1, 0.15) is 38.2 Å². The third-order valence-corrected chi connectivity index (χ3v) is 7.52. The summed E-state index contributed by atoms with van der Waals surface area (Å²) in [5.41, 5.74) is 4.07. The largest absolute Gasteiger partial charge is 0.494 e. The zero-order valence-corrected chi connectivity index (χ0v) is 22.9. The van der Waals surface area contributed by atoms with Crippen LogP contribution in [0.25, 0.3) is 39.4 Å². The lowest BCUT2D eigenvalue weighted by Crippen LogP contribution is -2.23. The molecule has 200 valence electrons. The zero-order valence-electron chi connectivity index (χ0n) is 22.1. The van der Waals surface area contributed by atoms with Crippen molar-refractivity contribution in [1.29, 1.82) is 0 Å². The van der Waals surface area contributed by atoms with Gasteiger partial charge in [0, 0.05) is 35.3 Å². The Hall–Kier alpha value is -4.63. The number of hydrogen-bond acceptors (Lipinski definition) is 7. The lowest BCUT2D eigenvalue weighted by molar-refractivity contribution is 0.305. The van der Waals surface area contributed by atoms with Gasteiger partial charge in [-0.15, -0.1) is 5.10 Å². The molecule has 0 bridgehead atoms. The molecule has 40 heavy (non-hydrogen) atoms. The van der Waals surface area contributed by atoms with Crippen LogP contribution in [-0.2, 0) is 0 Å². The van der Waals surface area contributed by atoms with E-state index < -0.39 is 0 Å². The van der Waals surface area contributed by atoms with E-state index in [-0.39, 0.29) is 5.56 Å². The van der Waals surface area contributed by atoms with Gasteiger partial charge in [0.2, 0.25) is 4.96 Å². The fraction of sp³-hybridized carbons (Fsp3) is 0.194. The quantitative estimate of drug-likeness (QED) is 0.208. The maximum Gasteiger partial charge on any atom is 0.291 e. The highest BCUT2D eigenvalue weighted by Gasteiger charge is 2.15. The van der Waals surface area contributed by atoms with Crippen LogP contribution < -0.4 is 14.8 Å². The van der Waals surface area contributed by atoms with E-state index in [4.69, 9.17) is 9.84 Å². The maximum absolute atomic E-state index is 13.3. The smallest absolute Gasteiger partial charge is 0.291 e. The van der Waals surface area contributed by atoms with Gasteiger partial charge in [-0.25, -0.2) is 4.68 Å². The first kappa shape index (κ1) is 25.6. The summed E-state index contributed by atoms with van der Waals surface area (Å²) < 4.78 is 9.67. The number of para-hydroxylation sites is 1. The van der Waals surface area contributed by atoms with Gasteiger partial charge in [-0.05, 0) is 61.0 Å². The van der Waals surface area contributed by atoms with Crippen LogP contribution in [-0.4, -0.2) is 36.0 Å². The Kier molecular flexibility index (Phi) is 7.45. The molecule has 9 heteroatoms. The number of rotatable bonds is 10. The van der Waals surface area contributed by atoms with Crippen molar-refractivity contribution >= 4 is 22.4 Å². The third-order valence-electron chi connectivity index (χ3n) is 6.56. The minimum absolute atomic E-state index is 0.210. The number of aromatic nitrogens is 6. The molecule has 0 spiro atoms. The molecule has 0 aliphatic rings. The second-order valence-electron chi connectivity index (χ2n) is 9.43. The first-order valence-electron chi connectivity index (χ1n) is 13.4. The molecule has 0 radical (unpaired) electrons. The number of thiazole rings is 1. The van der Waals surface area contributed by atoms with E-state index in [1.54, 1.807) is 12.4 Å². The molecule has 0 unspecified atom stereocenters. The van der Waals surface area contributed by atoms with Gasteiger partial charge < -0.3 is 4.74 Å². The lowest BCUT2D eigenvalue weighted by atomic mass is 10.1. The van der Waals surface area contributed by atoms with Crippen LogP contribution in [0.2, 0.25) is 0 Å². The van der Waals surface area contributed by atoms with Crippen LogP contribution in [0.4, 0.5) is 0 Å². The van der Waals surface area contributed by atoms with E-state index in [1.807, 2.05) is 83.7 Å². The topological polar surface area (TPSA) is 87.2 Å². The number of unbranched alkanes of at least 4 members (excludes halogenated alkanes) is 3. The zero-order chi connectivity index (χ0) is 27.3. The van der Waals surface area contributed by atoms with Gasteiger partial charge in [-0.1, -0.05) is 55.7 Å². The summed E-state index contributed by atoms with van der Waals surface area (Å²) in [6, 6.07) is 21.5. The predicted molar refractivity (Wildman–Crippen MR) is 158 cm³/mol. The van der Waals surface area contributed by atoms with E-state index in [9.17, 15) is 4.79 Å². The number of fused-ring (bicyclic) bond motifs is 1. The number of pyridine rings is 1. The molecular weight excluding hydrogens is 520 g/mol. The molecule has 0 aliphatic carbocycles. The first-order valence-corrected chi connectivity index (χ1v) is 14.2. The summed E-state index contributed by atoms with van der Waals surface area (Å²) in [7, 11) is 0. The summed E-state index contributed by atoms with van der Waals surface area (Å²) in [5.74, 6) is 1.34. The van der Waals surface area contributed by atoms with Gasteiger partial charge in [0.1, 0.15) is 11.4 Å². The third kappa shape index (κ3) is 5.41. The van der Waals surface area contributed by atoms with Gasteiger partial charge in [0.25, 0.3) is 5.56 Å². The SMILES string of the molecule is CCCCCCOc1ccc(-c2nn(-c3ccccc3)cc2C=c2sc3nc(-c4ccncc4)nn3c2=O)cc1. The highest BCUT2D eigenvalue weighted by Crippen LogP contribution is 2.27. The Balaban J connectivity index is 1.35. The summed E-state index contributed by atoms with van der Waals surface area (Å²) >= 11 is 1.31. The monoisotopic (exact) mass is 548 g/mol. The van der Waals surface area contributed by atoms with Crippen molar-refractivity contribution in [2.75, 3.05) is 6.61 Å². The molecule has 4 aromatic heterocycles. The van der Waals surface area contributed by atoms with Crippen molar-refractivity contribution in [2.45, 2.75) is 32.6 Å². The second-order valence-corrected chi connectivity index (χ2v) is 10.4. The molecule has 0 saturated carbocycles. The molecule has 6 rings (SSSR count). The van der Waals surface area contributed by atoms with E-state index >= 15 is 0 Å². The van der Waals surface area contributed by atoms with Gasteiger partial charge >= 0.3 is 0 Å². The summed E-state index contributed by atoms with van der Waals surface area (Å²) in [5, 5.41) is 9.35. The van der Waals surface area contributed by atoms with Gasteiger partial charge in [0.05, 0.1) is 16.8 Å². The summed E-state index contributed by atoms with van der Waals surface area (Å²) in [6.45, 7) is 2.92. The number of benzene rings is 2. The predicted octanol–water partition coefficient (Wildman–Crippen LogP) is 5.57. The molecule has 0 amide bonds. The van der Waals surface area contributed by atoms with Crippen molar-refractivity contribution in [3.05, 3.63) is 106 Å². The minimum Gasteiger partial charge on any atom is -0.494 e. The minimum atomic E-state index is -0.210. The van der Waals surface area contributed by atoms with Crippen LogP contribution in [0.15, 0.2) is 90.1 Å². The van der Waals surface area contributed by atoms with Crippen molar-refractivity contribution in [1.82, 2.24) is 29.4 Å². The van der Waals surface area contributed by atoms with E-state index in [0.29, 0.717) is 21.9 Å². The fourth-order valence-corrected chi connectivity index (χ4v) is 5.36. The highest BCUT2D eigenvalue weighted by atomic mass is 32.1. The van der Waals surface area contributed by atoms with Crippen molar-refractivity contribution < 1.29 is 4.74 Å². The Morgan fingerprint density at radius 1 is 0.900 bits per heavy atom. The van der Waals surface area contributed by atoms with Gasteiger partial charge in [-0.2, -0.15) is 14.6 Å². The average Bonchev–Trinajstić information content (AvgIpc) is 3.69. The Morgan fingerprint density at radius 3 is 2.45 bits per heavy atom. The molecule has 8 nitrogen and oxygen atoms in total. The van der Waals surface area contributed by atoms with Crippen LogP contribution in [0.5, 0.6) is 5.75 Å². The fourth-order valence-electron chi connectivity index (χ4n) is 4.46. The molecule has 0 aliphatic heterocycles. The first-order chi connectivity index (χ1) is 19.7. The number of nitrogens with zero attached hydrogens (tertiary/aromatic N) is 6. The number of hydrogen-bond donors (Lipinski definition) is 0. The molecule has 0 saturated heterocycles. The van der Waals surface area contributed by atoms with Gasteiger partial charge in [-0.3, -0.25) is 9.78 Å². The van der Waals surface area contributed by atoms with Crippen LogP contribution in [0, 0.1) is 0 Å².